The minimum Gasteiger partial charge on any atom is -0.356 e. The van der Waals surface area contributed by atoms with E-state index in [1.165, 1.54) is 49.6 Å². The third-order valence-corrected chi connectivity index (χ3v) is 5.86. The molecule has 9 nitrogen and oxygen atoms in total. The number of carbonyl (C=O) groups excluding carboxylic acids is 2. The highest BCUT2D eigenvalue weighted by Gasteiger charge is 2.32. The van der Waals surface area contributed by atoms with Crippen LogP contribution in [-0.2, 0) is 9.59 Å². The van der Waals surface area contributed by atoms with E-state index in [-0.39, 0.29) is 23.9 Å². The summed E-state index contributed by atoms with van der Waals surface area (Å²) in [6, 6.07) is 5.98. The molecule has 1 fully saturated rings. The van der Waals surface area contributed by atoms with Crippen molar-refractivity contribution in [2.75, 3.05) is 6.54 Å². The van der Waals surface area contributed by atoms with Gasteiger partial charge < -0.3 is 10.6 Å². The Bertz CT molecular complexity index is 839. The predicted octanol–water partition coefficient (Wildman–Crippen LogP) is 3.77. The van der Waals surface area contributed by atoms with Crippen LogP contribution in [0.1, 0.15) is 64.4 Å². The van der Waals surface area contributed by atoms with Gasteiger partial charge in [-0.15, -0.1) is 5.10 Å². The van der Waals surface area contributed by atoms with Gasteiger partial charge in [-0.2, -0.15) is 5.10 Å². The molecule has 1 aromatic rings. The van der Waals surface area contributed by atoms with Crippen LogP contribution in [0.25, 0.3) is 0 Å². The fourth-order valence-electron chi connectivity index (χ4n) is 2.96. The molecular formula is C21H29N5O4S. The van der Waals surface area contributed by atoms with Gasteiger partial charge in [0.15, 0.2) is 5.17 Å². The van der Waals surface area contributed by atoms with Gasteiger partial charge in [0.2, 0.25) is 11.8 Å². The number of nitrogens with one attached hydrogen (secondary N) is 2. The van der Waals surface area contributed by atoms with Gasteiger partial charge in [-0.25, -0.2) is 0 Å². The van der Waals surface area contributed by atoms with E-state index >= 15 is 0 Å². The first-order valence-corrected chi connectivity index (χ1v) is 11.4. The highest BCUT2D eigenvalue weighted by Crippen LogP contribution is 2.22. The number of nitro benzene ring substituents is 1. The molecule has 10 heteroatoms. The van der Waals surface area contributed by atoms with E-state index in [0.29, 0.717) is 23.0 Å². The summed E-state index contributed by atoms with van der Waals surface area (Å²) in [5.74, 6) is -0.408. The van der Waals surface area contributed by atoms with E-state index in [0.717, 1.165) is 12.8 Å². The number of amides is 2. The number of hydrogen-bond donors (Lipinski definition) is 2. The fourth-order valence-corrected chi connectivity index (χ4v) is 3.88. The third kappa shape index (κ3) is 8.49. The van der Waals surface area contributed by atoms with Crippen molar-refractivity contribution in [3.05, 3.63) is 39.9 Å². The Balaban J connectivity index is 1.78. The van der Waals surface area contributed by atoms with E-state index in [1.54, 1.807) is 19.1 Å². The number of carbonyl (C=O) groups is 2. The first kappa shape index (κ1) is 24.5. The first-order valence-electron chi connectivity index (χ1n) is 10.5. The average molecular weight is 448 g/mol. The second kappa shape index (κ2) is 12.8. The number of hydrogen-bond acceptors (Lipinski definition) is 7. The van der Waals surface area contributed by atoms with Crippen LogP contribution in [0.5, 0.6) is 0 Å². The lowest BCUT2D eigenvalue weighted by Crippen LogP contribution is -2.31. The van der Waals surface area contributed by atoms with Gasteiger partial charge in [-0.3, -0.25) is 19.7 Å². The molecule has 168 valence electrons. The van der Waals surface area contributed by atoms with Crippen molar-refractivity contribution in [2.45, 2.75) is 64.0 Å². The van der Waals surface area contributed by atoms with Crippen LogP contribution in [0, 0.1) is 10.1 Å². The largest absolute Gasteiger partial charge is 0.356 e. The summed E-state index contributed by atoms with van der Waals surface area (Å²) in [5, 5.41) is 24.2. The molecule has 2 N–H and O–H groups in total. The topological polar surface area (TPSA) is 126 Å². The molecule has 31 heavy (non-hydrogen) atoms. The van der Waals surface area contributed by atoms with Gasteiger partial charge in [0.25, 0.3) is 5.69 Å². The number of nitrogens with zero attached hydrogens (tertiary/aromatic N) is 3. The van der Waals surface area contributed by atoms with Crippen LogP contribution < -0.4 is 10.6 Å². The van der Waals surface area contributed by atoms with Gasteiger partial charge in [0.1, 0.15) is 5.25 Å². The highest BCUT2D eigenvalue weighted by molar-refractivity contribution is 8.15. The smallest absolute Gasteiger partial charge is 0.269 e. The van der Waals surface area contributed by atoms with E-state index in [9.17, 15) is 19.7 Å². The van der Waals surface area contributed by atoms with Gasteiger partial charge >= 0.3 is 0 Å². The summed E-state index contributed by atoms with van der Waals surface area (Å²) < 4.78 is 0. The molecule has 1 heterocycles. The Morgan fingerprint density at radius 2 is 1.87 bits per heavy atom. The van der Waals surface area contributed by atoms with Crippen molar-refractivity contribution in [1.82, 2.24) is 10.6 Å². The summed E-state index contributed by atoms with van der Waals surface area (Å²) in [6.07, 6.45) is 7.02. The molecule has 0 aromatic heterocycles. The predicted molar refractivity (Wildman–Crippen MR) is 123 cm³/mol. The molecule has 0 spiro atoms. The summed E-state index contributed by atoms with van der Waals surface area (Å²) in [6.45, 7) is 4.53. The Labute approximate surface area is 186 Å². The van der Waals surface area contributed by atoms with Gasteiger partial charge in [-0.1, -0.05) is 50.8 Å². The maximum atomic E-state index is 12.1. The highest BCUT2D eigenvalue weighted by atomic mass is 32.2. The maximum absolute atomic E-state index is 12.1. The molecule has 1 aliphatic heterocycles. The number of benzene rings is 1. The Kier molecular flexibility index (Phi) is 10.2. The molecule has 1 atom stereocenters. The van der Waals surface area contributed by atoms with Crippen molar-refractivity contribution in [1.29, 1.82) is 0 Å². The normalized spacial score (nSPS) is 17.6. The van der Waals surface area contributed by atoms with Crippen LogP contribution in [-0.4, -0.2) is 39.4 Å². The quantitative estimate of drug-likeness (QED) is 0.218. The summed E-state index contributed by atoms with van der Waals surface area (Å²) in [4.78, 5) is 34.5. The van der Waals surface area contributed by atoms with Crippen molar-refractivity contribution >= 4 is 40.1 Å². The number of rotatable bonds is 12. The molecule has 1 unspecified atom stereocenters. The van der Waals surface area contributed by atoms with Crippen molar-refractivity contribution in [3.63, 3.8) is 0 Å². The maximum Gasteiger partial charge on any atom is 0.269 e. The lowest BCUT2D eigenvalue weighted by atomic mass is 10.1. The zero-order valence-electron chi connectivity index (χ0n) is 17.9. The van der Waals surface area contributed by atoms with Crippen LogP contribution >= 0.6 is 11.8 Å². The number of unbranched alkanes of at least 4 members (excludes halogenated alkanes) is 5. The summed E-state index contributed by atoms with van der Waals surface area (Å²) in [7, 11) is 0. The number of nitro groups is 1. The monoisotopic (exact) mass is 447 g/mol. The van der Waals surface area contributed by atoms with E-state index < -0.39 is 10.2 Å². The Morgan fingerprint density at radius 1 is 1.19 bits per heavy atom. The first-order chi connectivity index (χ1) is 14.9. The van der Waals surface area contributed by atoms with Crippen molar-refractivity contribution < 1.29 is 14.5 Å². The second-order valence-corrected chi connectivity index (χ2v) is 8.50. The van der Waals surface area contributed by atoms with Crippen LogP contribution in [0.4, 0.5) is 5.69 Å². The summed E-state index contributed by atoms with van der Waals surface area (Å²) in [5.41, 5.74) is 1.24. The molecule has 0 aliphatic carbocycles. The van der Waals surface area contributed by atoms with E-state index in [2.05, 4.69) is 27.8 Å². The average Bonchev–Trinajstić information content (AvgIpc) is 3.10. The van der Waals surface area contributed by atoms with Gasteiger partial charge in [0.05, 0.1) is 10.6 Å². The number of amidine groups is 1. The molecule has 2 amide bonds. The van der Waals surface area contributed by atoms with Gasteiger partial charge in [-0.05, 0) is 31.0 Å². The molecule has 0 saturated carbocycles. The molecule has 0 radical (unpaired) electrons. The minimum absolute atomic E-state index is 0.000845. The molecular weight excluding hydrogens is 418 g/mol. The molecule has 0 bridgehead atoms. The number of thioether (sulfide) groups is 1. The fraction of sp³-hybridized carbons (Fsp3) is 0.524. The Hall–Kier alpha value is -2.75. The SMILES string of the molecule is CCCCCCCCNC(=O)CC1S/C(=N\N=C(/C)c2ccc([N+](=O)[O-])cc2)NC1=O. The lowest BCUT2D eigenvalue weighted by molar-refractivity contribution is -0.384. The molecule has 1 aromatic carbocycles. The van der Waals surface area contributed by atoms with Crippen LogP contribution in [0.3, 0.4) is 0 Å². The van der Waals surface area contributed by atoms with E-state index in [4.69, 9.17) is 0 Å². The molecule has 1 aliphatic rings. The van der Waals surface area contributed by atoms with Crippen molar-refractivity contribution in [3.8, 4) is 0 Å². The van der Waals surface area contributed by atoms with Crippen LogP contribution in [0.2, 0.25) is 0 Å². The van der Waals surface area contributed by atoms with Gasteiger partial charge in [0, 0.05) is 25.1 Å². The Morgan fingerprint density at radius 3 is 2.55 bits per heavy atom. The summed E-state index contributed by atoms with van der Waals surface area (Å²) >= 11 is 1.18. The number of non-ortho nitro benzene ring substituents is 1. The van der Waals surface area contributed by atoms with E-state index in [1.807, 2.05) is 0 Å². The second-order valence-electron chi connectivity index (χ2n) is 7.31. The minimum atomic E-state index is -0.529. The zero-order chi connectivity index (χ0) is 22.6. The molecule has 2 rings (SSSR count). The standard InChI is InChI=1S/C21H29N5O4S/c1-3-4-5-6-7-8-13-22-19(27)14-18-20(28)23-21(31-18)25-24-15(2)16-9-11-17(12-10-16)26(29)30/h9-12,18H,3-8,13-14H2,1-2H3,(H,22,27)(H,23,25,28)/b24-15+. The lowest BCUT2D eigenvalue weighted by Gasteiger charge is -2.07. The van der Waals surface area contributed by atoms with Crippen LogP contribution in [0.15, 0.2) is 34.5 Å². The third-order valence-electron chi connectivity index (χ3n) is 4.79. The van der Waals surface area contributed by atoms with Crippen molar-refractivity contribution in [2.24, 2.45) is 10.2 Å². The zero-order valence-corrected chi connectivity index (χ0v) is 18.7. The molecule has 1 saturated heterocycles.